The molecule has 0 amide bonds. The third kappa shape index (κ3) is 1.86. The molecule has 0 unspecified atom stereocenters. The van der Waals surface area contributed by atoms with E-state index in [0.717, 1.165) is 11.3 Å². The van der Waals surface area contributed by atoms with Crippen molar-refractivity contribution in [2.24, 2.45) is 7.05 Å². The fourth-order valence-electron chi connectivity index (χ4n) is 1.79. The smallest absolute Gasteiger partial charge is 0.0479 e. The molecule has 1 nitrogen and oxygen atoms in total. The van der Waals surface area contributed by atoms with Crippen LogP contribution in [0.15, 0.2) is 31.9 Å². The summed E-state index contributed by atoms with van der Waals surface area (Å²) in [6, 6.07) is 0. The van der Waals surface area contributed by atoms with Crippen LogP contribution in [0, 0.1) is 6.92 Å². The average Bonchev–Trinajstić information content (AvgIpc) is 2.47. The number of nitrogens with zero attached hydrogens (tertiary/aromatic N) is 1. The van der Waals surface area contributed by atoms with Crippen LogP contribution in [0.25, 0.3) is 18.2 Å². The van der Waals surface area contributed by atoms with Crippen molar-refractivity contribution in [3.63, 3.8) is 0 Å². The second kappa shape index (κ2) is 4.65. The molecule has 1 heterocycles. The first-order chi connectivity index (χ1) is 7.17. The fourth-order valence-corrected chi connectivity index (χ4v) is 1.79. The molecule has 0 aromatic carbocycles. The zero-order valence-electron chi connectivity index (χ0n) is 9.46. The van der Waals surface area contributed by atoms with Gasteiger partial charge in [-0.05, 0) is 24.6 Å². The minimum Gasteiger partial charge on any atom is -0.344 e. The molecule has 15 heavy (non-hydrogen) atoms. The van der Waals surface area contributed by atoms with Gasteiger partial charge >= 0.3 is 0 Å². The summed E-state index contributed by atoms with van der Waals surface area (Å²) >= 11 is 0. The Bertz CT molecular complexity index is 399. The summed E-state index contributed by atoms with van der Waals surface area (Å²) in [5.41, 5.74) is 4.64. The zero-order valence-corrected chi connectivity index (χ0v) is 9.46. The van der Waals surface area contributed by atoms with Gasteiger partial charge in [0.05, 0.1) is 0 Å². The SMILES string of the molecule is C=C/C=C\c1c(C)c(C=C)c(C=C)n1C. The summed E-state index contributed by atoms with van der Waals surface area (Å²) in [5.74, 6) is 0. The van der Waals surface area contributed by atoms with E-state index in [-0.39, 0.29) is 0 Å². The van der Waals surface area contributed by atoms with Gasteiger partial charge in [-0.15, -0.1) is 0 Å². The van der Waals surface area contributed by atoms with Crippen LogP contribution in [0.5, 0.6) is 0 Å². The van der Waals surface area contributed by atoms with Crippen molar-refractivity contribution in [2.45, 2.75) is 6.92 Å². The molecule has 0 fully saturated rings. The molecule has 0 saturated heterocycles. The maximum Gasteiger partial charge on any atom is 0.0479 e. The Kier molecular flexibility index (Phi) is 3.51. The van der Waals surface area contributed by atoms with E-state index in [1.165, 1.54) is 11.3 Å². The molecule has 1 heteroatoms. The van der Waals surface area contributed by atoms with E-state index < -0.39 is 0 Å². The predicted octanol–water partition coefficient (Wildman–Crippen LogP) is 3.82. The van der Waals surface area contributed by atoms with Gasteiger partial charge in [-0.3, -0.25) is 0 Å². The van der Waals surface area contributed by atoms with E-state index in [0.29, 0.717) is 0 Å². The van der Waals surface area contributed by atoms with Crippen molar-refractivity contribution in [2.75, 3.05) is 0 Å². The van der Waals surface area contributed by atoms with Crippen LogP contribution in [0.1, 0.15) is 22.5 Å². The van der Waals surface area contributed by atoms with Crippen LogP contribution in [-0.2, 0) is 7.05 Å². The molecule has 0 radical (unpaired) electrons. The normalized spacial score (nSPS) is 10.5. The Morgan fingerprint density at radius 1 is 1.07 bits per heavy atom. The Hall–Kier alpha value is -1.76. The third-order valence-corrected chi connectivity index (χ3v) is 2.57. The zero-order chi connectivity index (χ0) is 11.4. The van der Waals surface area contributed by atoms with Gasteiger partial charge < -0.3 is 4.57 Å². The lowest BCUT2D eigenvalue weighted by Crippen LogP contribution is -1.93. The minimum absolute atomic E-state index is 1.10. The van der Waals surface area contributed by atoms with Gasteiger partial charge in [-0.1, -0.05) is 38.0 Å². The van der Waals surface area contributed by atoms with Gasteiger partial charge in [-0.25, -0.2) is 0 Å². The lowest BCUT2D eigenvalue weighted by Gasteiger charge is -2.00. The molecule has 0 bridgehead atoms. The van der Waals surface area contributed by atoms with Crippen LogP contribution < -0.4 is 0 Å². The lowest BCUT2D eigenvalue weighted by atomic mass is 10.1. The second-order valence-electron chi connectivity index (χ2n) is 3.37. The standard InChI is InChI=1S/C14H17N/c1-6-9-10-14-11(4)12(7-2)13(8-3)15(14)5/h6-10H,1-3H2,4-5H3/b10-9-. The van der Waals surface area contributed by atoms with Gasteiger partial charge in [0.25, 0.3) is 0 Å². The highest BCUT2D eigenvalue weighted by atomic mass is 15.0. The van der Waals surface area contributed by atoms with Gasteiger partial charge in [0.2, 0.25) is 0 Å². The van der Waals surface area contributed by atoms with E-state index in [9.17, 15) is 0 Å². The van der Waals surface area contributed by atoms with Crippen molar-refractivity contribution in [1.82, 2.24) is 4.57 Å². The van der Waals surface area contributed by atoms with Crippen LogP contribution >= 0.6 is 0 Å². The highest BCUT2D eigenvalue weighted by molar-refractivity contribution is 5.71. The summed E-state index contributed by atoms with van der Waals surface area (Å²) in [6.45, 7) is 13.4. The highest BCUT2D eigenvalue weighted by Crippen LogP contribution is 2.24. The Morgan fingerprint density at radius 3 is 2.13 bits per heavy atom. The third-order valence-electron chi connectivity index (χ3n) is 2.57. The topological polar surface area (TPSA) is 4.93 Å². The predicted molar refractivity (Wildman–Crippen MR) is 69.6 cm³/mol. The van der Waals surface area contributed by atoms with E-state index in [1.54, 1.807) is 6.08 Å². The summed E-state index contributed by atoms with van der Waals surface area (Å²) in [6.07, 6.45) is 9.48. The lowest BCUT2D eigenvalue weighted by molar-refractivity contribution is 0.899. The molecular formula is C14H17N. The number of allylic oxidation sites excluding steroid dienone is 2. The van der Waals surface area contributed by atoms with Crippen molar-refractivity contribution in [3.05, 3.63) is 54.4 Å². The summed E-state index contributed by atoms with van der Waals surface area (Å²) < 4.78 is 2.11. The first kappa shape index (κ1) is 11.3. The van der Waals surface area contributed by atoms with Crippen molar-refractivity contribution < 1.29 is 0 Å². The summed E-state index contributed by atoms with van der Waals surface area (Å²) in [7, 11) is 2.03. The molecule has 0 N–H and O–H groups in total. The Balaban J connectivity index is 3.46. The number of hydrogen-bond acceptors (Lipinski definition) is 0. The fraction of sp³-hybridized carbons (Fsp3) is 0.143. The van der Waals surface area contributed by atoms with E-state index in [4.69, 9.17) is 0 Å². The molecule has 0 aliphatic heterocycles. The van der Waals surface area contributed by atoms with E-state index in [2.05, 4.69) is 31.2 Å². The number of aromatic nitrogens is 1. The minimum atomic E-state index is 1.10. The molecule has 78 valence electrons. The van der Waals surface area contributed by atoms with Crippen LogP contribution in [-0.4, -0.2) is 4.57 Å². The van der Waals surface area contributed by atoms with Crippen LogP contribution in [0.4, 0.5) is 0 Å². The monoisotopic (exact) mass is 199 g/mol. The largest absolute Gasteiger partial charge is 0.344 e. The van der Waals surface area contributed by atoms with Gasteiger partial charge in [-0.2, -0.15) is 0 Å². The quantitative estimate of drug-likeness (QED) is 0.650. The van der Waals surface area contributed by atoms with Crippen molar-refractivity contribution in [3.8, 4) is 0 Å². The van der Waals surface area contributed by atoms with Gasteiger partial charge in [0.1, 0.15) is 0 Å². The van der Waals surface area contributed by atoms with Crippen molar-refractivity contribution in [1.29, 1.82) is 0 Å². The van der Waals surface area contributed by atoms with Crippen LogP contribution in [0.2, 0.25) is 0 Å². The summed E-state index contributed by atoms with van der Waals surface area (Å²) in [5, 5.41) is 0. The molecular weight excluding hydrogens is 182 g/mol. The molecule has 0 aliphatic rings. The Morgan fingerprint density at radius 2 is 1.73 bits per heavy atom. The molecule has 1 rings (SSSR count). The highest BCUT2D eigenvalue weighted by Gasteiger charge is 2.11. The summed E-state index contributed by atoms with van der Waals surface area (Å²) in [4.78, 5) is 0. The second-order valence-corrected chi connectivity index (χ2v) is 3.37. The average molecular weight is 199 g/mol. The molecule has 0 aliphatic carbocycles. The Labute approximate surface area is 91.7 Å². The van der Waals surface area contributed by atoms with Crippen LogP contribution in [0.3, 0.4) is 0 Å². The molecule has 0 spiro atoms. The number of rotatable bonds is 4. The van der Waals surface area contributed by atoms with E-state index in [1.807, 2.05) is 31.4 Å². The maximum absolute atomic E-state index is 3.83. The van der Waals surface area contributed by atoms with Crippen molar-refractivity contribution >= 4 is 18.2 Å². The maximum atomic E-state index is 3.83. The molecule has 1 aromatic rings. The molecule has 0 atom stereocenters. The van der Waals surface area contributed by atoms with Gasteiger partial charge in [0, 0.05) is 24.0 Å². The van der Waals surface area contributed by atoms with Gasteiger partial charge in [0.15, 0.2) is 0 Å². The van der Waals surface area contributed by atoms with E-state index >= 15 is 0 Å². The first-order valence-corrected chi connectivity index (χ1v) is 4.90. The number of hydrogen-bond donors (Lipinski definition) is 0. The molecule has 0 saturated carbocycles. The molecule has 1 aromatic heterocycles. The first-order valence-electron chi connectivity index (χ1n) is 4.90.